The van der Waals surface area contributed by atoms with E-state index in [1.807, 2.05) is 0 Å². The first-order chi connectivity index (χ1) is 9.44. The topological polar surface area (TPSA) is 76.5 Å². The summed E-state index contributed by atoms with van der Waals surface area (Å²) in [6, 6.07) is 0. The van der Waals surface area contributed by atoms with Gasteiger partial charge in [0.05, 0.1) is 19.0 Å². The number of morpholine rings is 1. The molecule has 2 heterocycles. The molecule has 0 spiro atoms. The molecule has 0 aromatic carbocycles. The quantitative estimate of drug-likeness (QED) is 0.830. The van der Waals surface area contributed by atoms with Gasteiger partial charge in [-0.1, -0.05) is 18.5 Å². The largest absolute Gasteiger partial charge is 0.374 e. The molecule has 2 rings (SSSR count). The number of aryl methyl sites for hydroxylation is 1. The summed E-state index contributed by atoms with van der Waals surface area (Å²) >= 11 is 5.90. The van der Waals surface area contributed by atoms with E-state index in [2.05, 4.69) is 21.5 Å². The van der Waals surface area contributed by atoms with Gasteiger partial charge in [0.25, 0.3) is 10.0 Å². The van der Waals surface area contributed by atoms with Crippen molar-refractivity contribution in [1.29, 1.82) is 0 Å². The molecule has 0 amide bonds. The molecule has 20 heavy (non-hydrogen) atoms. The number of nitrogens with one attached hydrogen (secondary N) is 1. The Morgan fingerprint density at radius 1 is 1.60 bits per heavy atom. The Balaban J connectivity index is 1.97. The average molecular weight is 323 g/mol. The SMILES string of the molecule is CCN1CCOC(CNS(=O)(=O)c2ncn(C)c2Cl)C1. The minimum atomic E-state index is -3.71. The Morgan fingerprint density at radius 3 is 2.95 bits per heavy atom. The van der Waals surface area contributed by atoms with E-state index in [0.29, 0.717) is 6.61 Å². The fourth-order valence-corrected chi connectivity index (χ4v) is 3.53. The van der Waals surface area contributed by atoms with Crippen LogP contribution >= 0.6 is 11.6 Å². The molecular formula is C11H19ClN4O3S. The van der Waals surface area contributed by atoms with Crippen molar-refractivity contribution in [3.63, 3.8) is 0 Å². The van der Waals surface area contributed by atoms with E-state index in [0.717, 1.165) is 19.6 Å². The summed E-state index contributed by atoms with van der Waals surface area (Å²) in [6.45, 7) is 5.43. The van der Waals surface area contributed by atoms with Crippen LogP contribution in [0.4, 0.5) is 0 Å². The highest BCUT2D eigenvalue weighted by Crippen LogP contribution is 2.18. The van der Waals surface area contributed by atoms with Crippen molar-refractivity contribution in [3.8, 4) is 0 Å². The lowest BCUT2D eigenvalue weighted by molar-refractivity contribution is -0.0229. The van der Waals surface area contributed by atoms with Gasteiger partial charge in [-0.25, -0.2) is 18.1 Å². The van der Waals surface area contributed by atoms with Gasteiger partial charge in [0, 0.05) is 26.7 Å². The Morgan fingerprint density at radius 2 is 2.35 bits per heavy atom. The third kappa shape index (κ3) is 3.50. The Hall–Kier alpha value is -0.670. The van der Waals surface area contributed by atoms with E-state index in [1.165, 1.54) is 10.9 Å². The summed E-state index contributed by atoms with van der Waals surface area (Å²) in [5, 5.41) is -0.0536. The fraction of sp³-hybridized carbons (Fsp3) is 0.727. The zero-order valence-corrected chi connectivity index (χ0v) is 13.1. The first-order valence-corrected chi connectivity index (χ1v) is 8.30. The van der Waals surface area contributed by atoms with Crippen LogP contribution in [-0.2, 0) is 21.8 Å². The van der Waals surface area contributed by atoms with Crippen LogP contribution in [0.15, 0.2) is 11.4 Å². The van der Waals surface area contributed by atoms with Gasteiger partial charge < -0.3 is 9.30 Å². The number of aromatic nitrogens is 2. The van der Waals surface area contributed by atoms with Crippen molar-refractivity contribution in [1.82, 2.24) is 19.2 Å². The van der Waals surface area contributed by atoms with Crippen LogP contribution in [0.25, 0.3) is 0 Å². The van der Waals surface area contributed by atoms with E-state index < -0.39 is 10.0 Å². The molecule has 1 N–H and O–H groups in total. The van der Waals surface area contributed by atoms with Gasteiger partial charge >= 0.3 is 0 Å². The van der Waals surface area contributed by atoms with E-state index in [-0.39, 0.29) is 22.8 Å². The second-order valence-corrected chi connectivity index (χ2v) is 6.73. The number of nitrogens with zero attached hydrogens (tertiary/aromatic N) is 3. The number of hydrogen-bond donors (Lipinski definition) is 1. The highest BCUT2D eigenvalue weighted by Gasteiger charge is 2.25. The Bertz CT molecular complexity index is 560. The van der Waals surface area contributed by atoms with Crippen LogP contribution in [0.3, 0.4) is 0 Å². The molecule has 1 aromatic heterocycles. The number of hydrogen-bond acceptors (Lipinski definition) is 5. The molecule has 0 saturated carbocycles. The van der Waals surface area contributed by atoms with Crippen molar-refractivity contribution >= 4 is 21.6 Å². The molecule has 1 atom stereocenters. The van der Waals surface area contributed by atoms with Gasteiger partial charge in [0.2, 0.25) is 5.03 Å². The Kier molecular flexibility index (Phi) is 5.03. The van der Waals surface area contributed by atoms with Crippen LogP contribution in [0.5, 0.6) is 0 Å². The van der Waals surface area contributed by atoms with Gasteiger partial charge in [0.15, 0.2) is 0 Å². The summed E-state index contributed by atoms with van der Waals surface area (Å²) < 4.78 is 33.7. The number of ether oxygens (including phenoxy) is 1. The van der Waals surface area contributed by atoms with Gasteiger partial charge in [-0.15, -0.1) is 0 Å². The molecule has 1 aliphatic rings. The van der Waals surface area contributed by atoms with Crippen molar-refractivity contribution in [2.75, 3.05) is 32.8 Å². The highest BCUT2D eigenvalue weighted by molar-refractivity contribution is 7.89. The van der Waals surface area contributed by atoms with Crippen molar-refractivity contribution in [2.24, 2.45) is 7.05 Å². The zero-order valence-electron chi connectivity index (χ0n) is 11.5. The molecule has 114 valence electrons. The standard InChI is InChI=1S/C11H19ClN4O3S/c1-3-16-4-5-19-9(7-16)6-14-20(17,18)11-10(12)15(2)8-13-11/h8-9,14H,3-7H2,1-2H3. The summed E-state index contributed by atoms with van der Waals surface area (Å²) in [7, 11) is -2.07. The predicted molar refractivity (Wildman–Crippen MR) is 75.3 cm³/mol. The number of likely N-dealkylation sites (N-methyl/N-ethyl adjacent to an activating group) is 1. The lowest BCUT2D eigenvalue weighted by Gasteiger charge is -2.31. The van der Waals surface area contributed by atoms with Gasteiger partial charge in [0.1, 0.15) is 5.15 Å². The van der Waals surface area contributed by atoms with E-state index in [4.69, 9.17) is 16.3 Å². The molecule has 1 aromatic rings. The fourth-order valence-electron chi connectivity index (χ4n) is 2.04. The molecular weight excluding hydrogens is 304 g/mol. The lowest BCUT2D eigenvalue weighted by atomic mass is 10.3. The number of halogens is 1. The van der Waals surface area contributed by atoms with Gasteiger partial charge in [-0.05, 0) is 6.54 Å². The molecule has 0 aliphatic carbocycles. The molecule has 0 bridgehead atoms. The third-order valence-corrected chi connectivity index (χ3v) is 5.17. The van der Waals surface area contributed by atoms with Crippen molar-refractivity contribution in [2.45, 2.75) is 18.1 Å². The van der Waals surface area contributed by atoms with E-state index >= 15 is 0 Å². The minimum absolute atomic E-state index is 0.0947. The third-order valence-electron chi connectivity index (χ3n) is 3.26. The maximum absolute atomic E-state index is 12.1. The monoisotopic (exact) mass is 322 g/mol. The summed E-state index contributed by atoms with van der Waals surface area (Å²) in [4.78, 5) is 6.03. The van der Waals surface area contributed by atoms with E-state index in [1.54, 1.807) is 7.05 Å². The zero-order chi connectivity index (χ0) is 14.8. The van der Waals surface area contributed by atoms with Gasteiger partial charge in [-0.3, -0.25) is 4.90 Å². The molecule has 0 radical (unpaired) electrons. The van der Waals surface area contributed by atoms with Crippen LogP contribution < -0.4 is 4.72 Å². The molecule has 1 saturated heterocycles. The first kappa shape index (κ1) is 15.7. The number of rotatable bonds is 5. The van der Waals surface area contributed by atoms with Crippen molar-refractivity contribution < 1.29 is 13.2 Å². The lowest BCUT2D eigenvalue weighted by Crippen LogP contribution is -2.47. The number of sulfonamides is 1. The predicted octanol–water partition coefficient (Wildman–Crippen LogP) is 0.0725. The normalized spacial score (nSPS) is 21.2. The summed E-state index contributed by atoms with van der Waals surface area (Å²) in [5.41, 5.74) is 0. The molecule has 7 nitrogen and oxygen atoms in total. The summed E-state index contributed by atoms with van der Waals surface area (Å²) in [6.07, 6.45) is 1.22. The molecule has 1 fully saturated rings. The first-order valence-electron chi connectivity index (χ1n) is 6.44. The molecule has 1 aliphatic heterocycles. The molecule has 1 unspecified atom stereocenters. The van der Waals surface area contributed by atoms with E-state index in [9.17, 15) is 8.42 Å². The maximum Gasteiger partial charge on any atom is 0.261 e. The average Bonchev–Trinajstić information content (AvgIpc) is 2.78. The van der Waals surface area contributed by atoms with Crippen LogP contribution in [0.1, 0.15) is 6.92 Å². The van der Waals surface area contributed by atoms with Crippen LogP contribution in [0, 0.1) is 0 Å². The van der Waals surface area contributed by atoms with Crippen molar-refractivity contribution in [3.05, 3.63) is 11.5 Å². The van der Waals surface area contributed by atoms with Crippen LogP contribution in [-0.4, -0.2) is 61.8 Å². The molecule has 9 heteroatoms. The minimum Gasteiger partial charge on any atom is -0.374 e. The van der Waals surface area contributed by atoms with Crippen LogP contribution in [0.2, 0.25) is 5.15 Å². The van der Waals surface area contributed by atoms with Gasteiger partial charge in [-0.2, -0.15) is 0 Å². The maximum atomic E-state index is 12.1. The summed E-state index contributed by atoms with van der Waals surface area (Å²) in [5.74, 6) is 0. The second-order valence-electron chi connectivity index (χ2n) is 4.69. The Labute approximate surface area is 123 Å². The second kappa shape index (κ2) is 6.40. The smallest absolute Gasteiger partial charge is 0.261 e. The number of imidazole rings is 1. The highest BCUT2D eigenvalue weighted by atomic mass is 35.5.